The predicted molar refractivity (Wildman–Crippen MR) is 129 cm³/mol. The molecular formula is C24H23ClN6O2. The first-order valence-electron chi connectivity index (χ1n) is 10.3. The molecule has 2 aromatic heterocycles. The number of halogens is 1. The molecule has 9 heteroatoms. The van der Waals surface area contributed by atoms with Crippen molar-refractivity contribution in [1.82, 2.24) is 19.7 Å². The zero-order valence-corrected chi connectivity index (χ0v) is 19.4. The summed E-state index contributed by atoms with van der Waals surface area (Å²) in [6.07, 6.45) is 0. The van der Waals surface area contributed by atoms with E-state index in [4.69, 9.17) is 16.3 Å². The minimum absolute atomic E-state index is 0.371. The average Bonchev–Trinajstić information content (AvgIpc) is 3.10. The first-order chi connectivity index (χ1) is 15.8. The van der Waals surface area contributed by atoms with Crippen LogP contribution in [-0.2, 0) is 0 Å². The van der Waals surface area contributed by atoms with Gasteiger partial charge in [0.05, 0.1) is 5.69 Å². The van der Waals surface area contributed by atoms with Crippen molar-refractivity contribution in [1.29, 1.82) is 0 Å². The Labute approximate surface area is 196 Å². The van der Waals surface area contributed by atoms with E-state index in [2.05, 4.69) is 25.7 Å². The molecule has 0 bridgehead atoms. The van der Waals surface area contributed by atoms with E-state index in [1.165, 1.54) is 0 Å². The topological polar surface area (TPSA) is 94.0 Å². The van der Waals surface area contributed by atoms with Crippen molar-refractivity contribution in [3.63, 3.8) is 0 Å². The Bertz CT molecular complexity index is 1320. The zero-order valence-electron chi connectivity index (χ0n) is 18.7. The molecule has 33 heavy (non-hydrogen) atoms. The Morgan fingerprint density at radius 2 is 1.61 bits per heavy atom. The number of aryl methyl sites for hydroxylation is 4. The normalized spacial score (nSPS) is 10.7. The highest BCUT2D eigenvalue weighted by atomic mass is 35.5. The van der Waals surface area contributed by atoms with Crippen molar-refractivity contribution in [3.8, 4) is 17.4 Å². The number of carbonyl (C=O) groups is 1. The lowest BCUT2D eigenvalue weighted by Crippen LogP contribution is -2.19. The van der Waals surface area contributed by atoms with Crippen LogP contribution in [0, 0.1) is 27.7 Å². The van der Waals surface area contributed by atoms with Gasteiger partial charge < -0.3 is 15.4 Å². The molecule has 2 amide bonds. The second-order valence-electron chi connectivity index (χ2n) is 7.62. The third kappa shape index (κ3) is 5.48. The summed E-state index contributed by atoms with van der Waals surface area (Å²) < 4.78 is 7.67. The number of ether oxygens (including phenoxy) is 1. The van der Waals surface area contributed by atoms with Gasteiger partial charge in [0, 0.05) is 28.2 Å². The summed E-state index contributed by atoms with van der Waals surface area (Å²) in [7, 11) is 0. The van der Waals surface area contributed by atoms with Gasteiger partial charge in [0.15, 0.2) is 5.82 Å². The predicted octanol–water partition coefficient (Wildman–Crippen LogP) is 5.99. The number of hydrogen-bond donors (Lipinski definition) is 2. The van der Waals surface area contributed by atoms with Gasteiger partial charge in [-0.1, -0.05) is 17.7 Å². The van der Waals surface area contributed by atoms with Gasteiger partial charge in [-0.3, -0.25) is 0 Å². The first-order valence-corrected chi connectivity index (χ1v) is 10.7. The molecule has 2 aromatic carbocycles. The summed E-state index contributed by atoms with van der Waals surface area (Å²) in [6.45, 7) is 7.60. The molecule has 4 aromatic rings. The molecule has 8 nitrogen and oxygen atoms in total. The molecule has 168 valence electrons. The number of nitrogens with zero attached hydrogens (tertiary/aromatic N) is 4. The highest BCUT2D eigenvalue weighted by Gasteiger charge is 2.10. The van der Waals surface area contributed by atoms with E-state index in [9.17, 15) is 4.79 Å². The lowest BCUT2D eigenvalue weighted by atomic mass is 10.2. The second kappa shape index (κ2) is 9.30. The molecule has 0 unspecified atom stereocenters. The molecular weight excluding hydrogens is 440 g/mol. The number of amides is 2. The first kappa shape index (κ1) is 22.3. The van der Waals surface area contributed by atoms with Gasteiger partial charge in [-0.2, -0.15) is 10.1 Å². The molecule has 2 N–H and O–H groups in total. The maximum absolute atomic E-state index is 12.3. The molecule has 0 atom stereocenters. The van der Waals surface area contributed by atoms with Gasteiger partial charge >= 0.3 is 6.03 Å². The van der Waals surface area contributed by atoms with E-state index in [1.54, 1.807) is 54.1 Å². The molecule has 0 saturated heterocycles. The lowest BCUT2D eigenvalue weighted by molar-refractivity contribution is 0.262. The number of aromatic nitrogens is 4. The minimum Gasteiger partial charge on any atom is -0.439 e. The fraction of sp³-hybridized carbons (Fsp3) is 0.167. The number of rotatable bonds is 5. The van der Waals surface area contributed by atoms with E-state index >= 15 is 0 Å². The molecule has 0 spiro atoms. The Balaban J connectivity index is 1.43. The molecule has 0 aliphatic carbocycles. The van der Waals surface area contributed by atoms with Crippen LogP contribution in [0.3, 0.4) is 0 Å². The Hall–Kier alpha value is -3.91. The van der Waals surface area contributed by atoms with Gasteiger partial charge in [-0.05, 0) is 75.7 Å². The third-order valence-electron chi connectivity index (χ3n) is 4.79. The fourth-order valence-electron chi connectivity index (χ4n) is 3.24. The van der Waals surface area contributed by atoms with Crippen LogP contribution >= 0.6 is 11.6 Å². The molecule has 0 fully saturated rings. The van der Waals surface area contributed by atoms with Gasteiger partial charge in [0.25, 0.3) is 0 Å². The molecule has 0 radical (unpaired) electrons. The van der Waals surface area contributed by atoms with E-state index in [1.807, 2.05) is 32.9 Å². The highest BCUT2D eigenvalue weighted by Crippen LogP contribution is 2.24. The van der Waals surface area contributed by atoms with Crippen LogP contribution in [0.5, 0.6) is 11.6 Å². The monoisotopic (exact) mass is 462 g/mol. The lowest BCUT2D eigenvalue weighted by Gasteiger charge is -2.11. The van der Waals surface area contributed by atoms with E-state index in [-0.39, 0.29) is 6.03 Å². The van der Waals surface area contributed by atoms with Crippen molar-refractivity contribution < 1.29 is 9.53 Å². The Kier molecular flexibility index (Phi) is 6.28. The summed E-state index contributed by atoms with van der Waals surface area (Å²) >= 11 is 6.10. The van der Waals surface area contributed by atoms with E-state index < -0.39 is 0 Å². The Morgan fingerprint density at radius 1 is 0.909 bits per heavy atom. The molecule has 0 saturated carbocycles. The number of nitrogens with one attached hydrogen (secondary N) is 2. The standard InChI is InChI=1S/C24H23ClN6O2/c1-14-5-6-19(12-21(14)25)29-24(32)28-18-7-9-20(10-8-18)33-23-13-22(26-17(4)27-23)31-16(3)11-15(2)30-31/h5-13H,1-4H3,(H2,28,29,32). The molecule has 0 aliphatic heterocycles. The van der Waals surface area contributed by atoms with Gasteiger partial charge in [-0.25, -0.2) is 14.5 Å². The van der Waals surface area contributed by atoms with Crippen LogP contribution in [-0.4, -0.2) is 25.8 Å². The number of hydrogen-bond acceptors (Lipinski definition) is 5. The number of benzene rings is 2. The van der Waals surface area contributed by atoms with Crippen LogP contribution in [0.2, 0.25) is 5.02 Å². The van der Waals surface area contributed by atoms with Crippen LogP contribution in [0.25, 0.3) is 5.82 Å². The Morgan fingerprint density at radius 3 is 2.27 bits per heavy atom. The summed E-state index contributed by atoms with van der Waals surface area (Å²) in [5.41, 5.74) is 4.04. The summed E-state index contributed by atoms with van der Waals surface area (Å²) in [4.78, 5) is 21.1. The SMILES string of the molecule is Cc1cc(C)n(-c2cc(Oc3ccc(NC(=O)Nc4ccc(C)c(Cl)c4)cc3)nc(C)n2)n1. The van der Waals surface area contributed by atoms with Crippen molar-refractivity contribution in [2.24, 2.45) is 0 Å². The van der Waals surface area contributed by atoms with Crippen LogP contribution < -0.4 is 15.4 Å². The van der Waals surface area contributed by atoms with Crippen molar-refractivity contribution >= 4 is 29.0 Å². The third-order valence-corrected chi connectivity index (χ3v) is 5.20. The molecule has 0 aliphatic rings. The van der Waals surface area contributed by atoms with E-state index in [0.717, 1.165) is 17.0 Å². The summed E-state index contributed by atoms with van der Waals surface area (Å²) in [5, 5.41) is 10.6. The smallest absolute Gasteiger partial charge is 0.323 e. The number of carbonyl (C=O) groups excluding carboxylic acids is 1. The largest absolute Gasteiger partial charge is 0.439 e. The van der Waals surface area contributed by atoms with Crippen LogP contribution in [0.1, 0.15) is 22.8 Å². The number of anilines is 2. The summed E-state index contributed by atoms with van der Waals surface area (Å²) in [6, 6.07) is 15.7. The van der Waals surface area contributed by atoms with Crippen LogP contribution in [0.4, 0.5) is 16.2 Å². The van der Waals surface area contributed by atoms with Gasteiger partial charge in [0.2, 0.25) is 5.88 Å². The van der Waals surface area contributed by atoms with E-state index in [0.29, 0.717) is 39.7 Å². The summed E-state index contributed by atoms with van der Waals surface area (Å²) in [5.74, 6) is 2.18. The van der Waals surface area contributed by atoms with Crippen molar-refractivity contribution in [2.75, 3.05) is 10.6 Å². The quantitative estimate of drug-likeness (QED) is 0.380. The van der Waals surface area contributed by atoms with Crippen molar-refractivity contribution in [3.05, 3.63) is 82.4 Å². The average molecular weight is 463 g/mol. The second-order valence-corrected chi connectivity index (χ2v) is 8.03. The van der Waals surface area contributed by atoms with Gasteiger partial charge in [0.1, 0.15) is 11.6 Å². The fourth-order valence-corrected chi connectivity index (χ4v) is 3.42. The molecule has 4 rings (SSSR count). The highest BCUT2D eigenvalue weighted by molar-refractivity contribution is 6.31. The van der Waals surface area contributed by atoms with Gasteiger partial charge in [-0.15, -0.1) is 0 Å². The molecule has 2 heterocycles. The maximum atomic E-state index is 12.3. The number of urea groups is 1. The van der Waals surface area contributed by atoms with Crippen LogP contribution in [0.15, 0.2) is 54.6 Å². The van der Waals surface area contributed by atoms with Crippen molar-refractivity contribution in [2.45, 2.75) is 27.7 Å². The minimum atomic E-state index is -0.371. The zero-order chi connectivity index (χ0) is 23.5. The maximum Gasteiger partial charge on any atom is 0.323 e.